The lowest BCUT2D eigenvalue weighted by molar-refractivity contribution is 0.134. The molecule has 1 rings (SSSR count). The fourth-order valence-corrected chi connectivity index (χ4v) is 1.13. The summed E-state index contributed by atoms with van der Waals surface area (Å²) >= 11 is 0. The van der Waals surface area contributed by atoms with Crippen molar-refractivity contribution < 1.29 is 9.50 Å². The van der Waals surface area contributed by atoms with Gasteiger partial charge in [-0.05, 0) is 13.0 Å². The minimum Gasteiger partial charge on any atom is -0.396 e. The zero-order valence-electron chi connectivity index (χ0n) is 5.36. The number of aliphatic hydroxyl groups is 1. The molecule has 1 aliphatic rings. The van der Waals surface area contributed by atoms with Crippen molar-refractivity contribution in [1.29, 1.82) is 0 Å². The lowest BCUT2D eigenvalue weighted by Crippen LogP contribution is -2.26. The van der Waals surface area contributed by atoms with Gasteiger partial charge in [-0.3, -0.25) is 0 Å². The first-order chi connectivity index (χ1) is 4.27. The van der Waals surface area contributed by atoms with E-state index in [2.05, 4.69) is 5.32 Å². The zero-order chi connectivity index (χ0) is 6.74. The van der Waals surface area contributed by atoms with Gasteiger partial charge in [0.15, 0.2) is 0 Å². The van der Waals surface area contributed by atoms with Crippen molar-refractivity contribution in [3.05, 3.63) is 0 Å². The molecule has 54 valence electrons. The molecule has 0 saturated carbocycles. The van der Waals surface area contributed by atoms with Crippen molar-refractivity contribution in [3.63, 3.8) is 0 Å². The van der Waals surface area contributed by atoms with Crippen LogP contribution in [0.1, 0.15) is 12.8 Å². The highest BCUT2D eigenvalue weighted by Crippen LogP contribution is 2.22. The molecule has 0 spiro atoms. The summed E-state index contributed by atoms with van der Waals surface area (Å²) in [6, 6.07) is 0. The van der Waals surface area contributed by atoms with Gasteiger partial charge in [-0.1, -0.05) is 0 Å². The van der Waals surface area contributed by atoms with Crippen molar-refractivity contribution in [2.24, 2.45) is 0 Å². The summed E-state index contributed by atoms with van der Waals surface area (Å²) in [5.74, 6) is 0. The van der Waals surface area contributed by atoms with Gasteiger partial charge < -0.3 is 10.4 Å². The molecular weight excluding hydrogens is 121 g/mol. The second-order valence-corrected chi connectivity index (χ2v) is 2.55. The Balaban J connectivity index is 2.32. The first kappa shape index (κ1) is 6.96. The van der Waals surface area contributed by atoms with E-state index >= 15 is 0 Å². The van der Waals surface area contributed by atoms with Crippen LogP contribution in [0.5, 0.6) is 0 Å². The van der Waals surface area contributed by atoms with Crippen LogP contribution in [-0.4, -0.2) is 30.5 Å². The lowest BCUT2D eigenvalue weighted by atomic mass is 10.0. The molecular formula is C6H12FNO. The van der Waals surface area contributed by atoms with Crippen molar-refractivity contribution in [1.82, 2.24) is 5.32 Å². The maximum atomic E-state index is 13.1. The molecule has 0 amide bonds. The van der Waals surface area contributed by atoms with E-state index in [1.165, 1.54) is 0 Å². The zero-order valence-corrected chi connectivity index (χ0v) is 5.36. The molecule has 0 radical (unpaired) electrons. The summed E-state index contributed by atoms with van der Waals surface area (Å²) < 4.78 is 13.1. The van der Waals surface area contributed by atoms with Crippen LogP contribution >= 0.6 is 0 Å². The van der Waals surface area contributed by atoms with Gasteiger partial charge in [0, 0.05) is 19.6 Å². The van der Waals surface area contributed by atoms with Gasteiger partial charge in [0.1, 0.15) is 5.67 Å². The highest BCUT2D eigenvalue weighted by Gasteiger charge is 2.32. The van der Waals surface area contributed by atoms with Crippen molar-refractivity contribution >= 4 is 0 Å². The van der Waals surface area contributed by atoms with Gasteiger partial charge in [0.25, 0.3) is 0 Å². The summed E-state index contributed by atoms with van der Waals surface area (Å²) in [6.07, 6.45) is 0.827. The van der Waals surface area contributed by atoms with E-state index in [1.807, 2.05) is 0 Å². The average molecular weight is 133 g/mol. The van der Waals surface area contributed by atoms with Gasteiger partial charge in [-0.25, -0.2) is 4.39 Å². The Hall–Kier alpha value is -0.150. The third-order valence-electron chi connectivity index (χ3n) is 1.75. The number of halogens is 1. The monoisotopic (exact) mass is 133 g/mol. The van der Waals surface area contributed by atoms with E-state index in [1.54, 1.807) is 0 Å². The van der Waals surface area contributed by atoms with Crippen LogP contribution in [-0.2, 0) is 0 Å². The fourth-order valence-electron chi connectivity index (χ4n) is 1.13. The minimum absolute atomic E-state index is 0.0435. The molecule has 1 fully saturated rings. The van der Waals surface area contributed by atoms with Gasteiger partial charge >= 0.3 is 0 Å². The van der Waals surface area contributed by atoms with Crippen molar-refractivity contribution in [3.8, 4) is 0 Å². The molecule has 0 unspecified atom stereocenters. The molecule has 0 aromatic rings. The molecule has 2 nitrogen and oxygen atoms in total. The van der Waals surface area contributed by atoms with Crippen LogP contribution in [0, 0.1) is 0 Å². The third kappa shape index (κ3) is 1.63. The minimum atomic E-state index is -1.12. The van der Waals surface area contributed by atoms with Gasteiger partial charge in [-0.15, -0.1) is 0 Å². The predicted octanol–water partition coefficient (Wildman–Crippen LogP) is 0.0704. The third-order valence-corrected chi connectivity index (χ3v) is 1.75. The topological polar surface area (TPSA) is 32.3 Å². The van der Waals surface area contributed by atoms with Crippen molar-refractivity contribution in [2.45, 2.75) is 18.5 Å². The van der Waals surface area contributed by atoms with E-state index < -0.39 is 5.67 Å². The standard InChI is InChI=1S/C6H12FNO/c7-6(2-4-9)1-3-8-5-6/h8-9H,1-5H2/t6-/m0/s1. The van der Waals surface area contributed by atoms with Gasteiger partial charge in [0.05, 0.1) is 0 Å². The lowest BCUT2D eigenvalue weighted by Gasteiger charge is -2.15. The Labute approximate surface area is 54.1 Å². The van der Waals surface area contributed by atoms with E-state index in [0.29, 0.717) is 13.0 Å². The Bertz CT molecular complexity index is 91.1. The second kappa shape index (κ2) is 2.62. The number of aliphatic hydroxyl groups excluding tert-OH is 1. The highest BCUT2D eigenvalue weighted by molar-refractivity contribution is 4.87. The molecule has 0 aliphatic carbocycles. The normalized spacial score (nSPS) is 35.3. The van der Waals surface area contributed by atoms with Crippen molar-refractivity contribution in [2.75, 3.05) is 19.7 Å². The Morgan fingerprint density at radius 3 is 2.89 bits per heavy atom. The fraction of sp³-hybridized carbons (Fsp3) is 1.00. The summed E-state index contributed by atoms with van der Waals surface area (Å²) in [5, 5.41) is 11.3. The molecule has 0 bridgehead atoms. The Morgan fingerprint density at radius 1 is 1.67 bits per heavy atom. The van der Waals surface area contributed by atoms with Crippen LogP contribution in [0.2, 0.25) is 0 Å². The number of rotatable bonds is 2. The van der Waals surface area contributed by atoms with Crippen LogP contribution < -0.4 is 5.32 Å². The van der Waals surface area contributed by atoms with Crippen LogP contribution in [0.25, 0.3) is 0 Å². The Morgan fingerprint density at radius 2 is 2.44 bits per heavy atom. The van der Waals surface area contributed by atoms with Crippen LogP contribution in [0.15, 0.2) is 0 Å². The van der Waals surface area contributed by atoms with E-state index in [-0.39, 0.29) is 13.0 Å². The quantitative estimate of drug-likeness (QED) is 0.558. The average Bonchev–Trinajstić information content (AvgIpc) is 2.16. The largest absolute Gasteiger partial charge is 0.396 e. The van der Waals surface area contributed by atoms with Gasteiger partial charge in [-0.2, -0.15) is 0 Å². The van der Waals surface area contributed by atoms with E-state index in [4.69, 9.17) is 5.11 Å². The van der Waals surface area contributed by atoms with E-state index in [9.17, 15) is 4.39 Å². The summed E-state index contributed by atoms with van der Waals surface area (Å²) in [5.41, 5.74) is -1.12. The number of alkyl halides is 1. The number of hydrogen-bond donors (Lipinski definition) is 2. The first-order valence-electron chi connectivity index (χ1n) is 3.27. The molecule has 0 aromatic heterocycles. The molecule has 1 heterocycles. The predicted molar refractivity (Wildman–Crippen MR) is 33.0 cm³/mol. The SMILES string of the molecule is OCC[C@@]1(F)CCNC1. The molecule has 3 heteroatoms. The maximum absolute atomic E-state index is 13.1. The summed E-state index contributed by atoms with van der Waals surface area (Å²) in [6.45, 7) is 1.11. The second-order valence-electron chi connectivity index (χ2n) is 2.55. The van der Waals surface area contributed by atoms with Gasteiger partial charge in [0.2, 0.25) is 0 Å². The van der Waals surface area contributed by atoms with Crippen LogP contribution in [0.3, 0.4) is 0 Å². The molecule has 1 aliphatic heterocycles. The molecule has 1 saturated heterocycles. The smallest absolute Gasteiger partial charge is 0.126 e. The Kier molecular flexibility index (Phi) is 2.03. The van der Waals surface area contributed by atoms with E-state index in [0.717, 1.165) is 6.54 Å². The molecule has 0 aromatic carbocycles. The number of hydrogen-bond acceptors (Lipinski definition) is 2. The summed E-state index contributed by atoms with van der Waals surface area (Å²) in [4.78, 5) is 0. The summed E-state index contributed by atoms with van der Waals surface area (Å²) in [7, 11) is 0. The molecule has 2 N–H and O–H groups in total. The number of nitrogens with one attached hydrogen (secondary N) is 1. The molecule has 9 heavy (non-hydrogen) atoms. The highest BCUT2D eigenvalue weighted by atomic mass is 19.1. The maximum Gasteiger partial charge on any atom is 0.126 e. The van der Waals surface area contributed by atoms with Crippen LogP contribution in [0.4, 0.5) is 4.39 Å². The molecule has 1 atom stereocenters. The first-order valence-corrected chi connectivity index (χ1v) is 3.27.